The summed E-state index contributed by atoms with van der Waals surface area (Å²) in [5.74, 6) is 0.780. The van der Waals surface area contributed by atoms with E-state index in [4.69, 9.17) is 9.41 Å². The molecule has 1 radical (unpaired) electrons. The lowest BCUT2D eigenvalue weighted by atomic mass is 9.85. The van der Waals surface area contributed by atoms with Gasteiger partial charge in [-0.2, -0.15) is 0 Å². The van der Waals surface area contributed by atoms with Crippen LogP contribution in [0.25, 0.3) is 0 Å². The van der Waals surface area contributed by atoms with Crippen LogP contribution < -0.4 is 21.0 Å². The van der Waals surface area contributed by atoms with Crippen LogP contribution in [0.1, 0.15) is 38.0 Å². The van der Waals surface area contributed by atoms with Gasteiger partial charge in [-0.25, -0.2) is 9.97 Å². The Hall–Kier alpha value is -3.43. The molecule has 0 fully saturated rings. The number of hydrogen-bond donors (Lipinski definition) is 2. The Morgan fingerprint density at radius 3 is 2.14 bits per heavy atom. The molecule has 0 aliphatic rings. The summed E-state index contributed by atoms with van der Waals surface area (Å²) in [7, 11) is -1.51. The van der Waals surface area contributed by atoms with Gasteiger partial charge in [-0.15, -0.1) is 0 Å². The number of halogens is 1. The van der Waals surface area contributed by atoms with E-state index in [2.05, 4.69) is 137 Å². The number of rotatable bonds is 11. The molecular weight excluding hydrogens is 632 g/mol. The molecule has 0 saturated heterocycles. The Balaban J connectivity index is 1.44. The number of thioether (sulfide) groups is 1. The largest absolute Gasteiger partial charge is 0.400 e. The van der Waals surface area contributed by atoms with Crippen LogP contribution >= 0.6 is 27.7 Å². The molecule has 5 nitrogen and oxygen atoms in total. The topological polar surface area (TPSA) is 59.1 Å². The van der Waals surface area contributed by atoms with Crippen molar-refractivity contribution in [2.24, 2.45) is 5.41 Å². The summed E-state index contributed by atoms with van der Waals surface area (Å²) in [5, 5.41) is 10.3. The van der Waals surface area contributed by atoms with Gasteiger partial charge in [-0.1, -0.05) is 117 Å². The number of para-hydroxylation sites is 1. The Bertz CT molecular complexity index is 1590. The number of benzene rings is 4. The molecule has 1 heterocycles. The summed E-state index contributed by atoms with van der Waals surface area (Å²) in [4.78, 5) is 9.38. The summed E-state index contributed by atoms with van der Waals surface area (Å²) in [5.41, 5.74) is 3.93. The van der Waals surface area contributed by atoms with Crippen molar-refractivity contribution in [1.82, 2.24) is 9.97 Å². The first-order chi connectivity index (χ1) is 20.8. The van der Waals surface area contributed by atoms with Crippen molar-refractivity contribution in [3.63, 3.8) is 0 Å². The van der Waals surface area contributed by atoms with Gasteiger partial charge in [-0.05, 0) is 67.8 Å². The molecule has 4 aromatic carbocycles. The maximum Gasteiger partial charge on any atom is 0.283 e. The van der Waals surface area contributed by atoms with Crippen molar-refractivity contribution in [3.8, 4) is 0 Å². The Morgan fingerprint density at radius 2 is 1.51 bits per heavy atom. The third-order valence-electron chi connectivity index (χ3n) is 6.91. The van der Waals surface area contributed by atoms with Crippen molar-refractivity contribution in [3.05, 3.63) is 131 Å². The highest BCUT2D eigenvalue weighted by atomic mass is 79.9. The quantitative estimate of drug-likeness (QED) is 0.0841. The van der Waals surface area contributed by atoms with Crippen LogP contribution in [0.15, 0.2) is 125 Å². The summed E-state index contributed by atoms with van der Waals surface area (Å²) < 4.78 is 8.18. The highest BCUT2D eigenvalue weighted by Gasteiger charge is 2.32. The van der Waals surface area contributed by atoms with E-state index < -0.39 is 9.04 Å². The molecule has 0 aliphatic carbocycles. The molecule has 2 N–H and O–H groups in total. The minimum Gasteiger partial charge on any atom is -0.400 e. The van der Waals surface area contributed by atoms with E-state index >= 15 is 0 Å². The van der Waals surface area contributed by atoms with E-state index in [1.165, 1.54) is 22.1 Å². The maximum absolute atomic E-state index is 7.17. The van der Waals surface area contributed by atoms with E-state index in [0.29, 0.717) is 6.54 Å². The zero-order valence-corrected chi connectivity index (χ0v) is 28.2. The molecule has 219 valence electrons. The summed E-state index contributed by atoms with van der Waals surface area (Å²) in [6, 6.07) is 37.8. The van der Waals surface area contributed by atoms with E-state index in [0.717, 1.165) is 37.9 Å². The molecule has 8 heteroatoms. The predicted molar refractivity (Wildman–Crippen MR) is 186 cm³/mol. The van der Waals surface area contributed by atoms with Gasteiger partial charge in [0.1, 0.15) is 5.82 Å². The monoisotopic (exact) mass is 667 g/mol. The minimum absolute atomic E-state index is 0.132. The van der Waals surface area contributed by atoms with Crippen molar-refractivity contribution in [2.75, 3.05) is 16.9 Å². The first-order valence-electron chi connectivity index (χ1n) is 14.2. The van der Waals surface area contributed by atoms with Gasteiger partial charge in [0, 0.05) is 34.2 Å². The molecule has 43 heavy (non-hydrogen) atoms. The molecule has 5 aromatic rings. The van der Waals surface area contributed by atoms with Crippen molar-refractivity contribution in [1.29, 1.82) is 0 Å². The molecule has 0 saturated carbocycles. The molecule has 0 bridgehead atoms. The lowest BCUT2D eigenvalue weighted by Gasteiger charge is -2.34. The lowest BCUT2D eigenvalue weighted by Crippen LogP contribution is -2.47. The Kier molecular flexibility index (Phi) is 10.4. The van der Waals surface area contributed by atoms with Gasteiger partial charge in [0.25, 0.3) is 9.04 Å². The zero-order valence-electron chi connectivity index (χ0n) is 24.8. The van der Waals surface area contributed by atoms with Gasteiger partial charge in [0.15, 0.2) is 5.16 Å². The normalized spacial score (nSPS) is 12.2. The van der Waals surface area contributed by atoms with Gasteiger partial charge in [0.05, 0.1) is 6.10 Å². The average Bonchev–Trinajstić information content (AvgIpc) is 3.02. The van der Waals surface area contributed by atoms with Gasteiger partial charge >= 0.3 is 0 Å². The SMILES string of the molecule is CSc1ncc(CNc2ccccc2Br)c(Nc2cccc(C(O[Si](c3ccccc3)c3ccccc3)C(C)(C)C)c2)n1. The number of nitrogens with zero attached hydrogens (tertiary/aromatic N) is 2. The number of aromatic nitrogens is 2. The Labute approximate surface area is 269 Å². The molecule has 1 unspecified atom stereocenters. The van der Waals surface area contributed by atoms with Crippen molar-refractivity contribution >= 4 is 64.3 Å². The van der Waals surface area contributed by atoms with Crippen LogP contribution in [0, 0.1) is 5.41 Å². The minimum atomic E-state index is -1.51. The second-order valence-electron chi connectivity index (χ2n) is 11.2. The fraction of sp³-hybridized carbons (Fsp3) is 0.200. The van der Waals surface area contributed by atoms with Gasteiger partial charge < -0.3 is 15.1 Å². The van der Waals surface area contributed by atoms with E-state index in [1.807, 2.05) is 36.7 Å². The molecular formula is C35H36BrN4OSSi. The second-order valence-corrected chi connectivity index (χ2v) is 14.9. The smallest absolute Gasteiger partial charge is 0.283 e. The van der Waals surface area contributed by atoms with E-state index in [-0.39, 0.29) is 11.5 Å². The second kappa shape index (κ2) is 14.4. The summed E-state index contributed by atoms with van der Waals surface area (Å²) >= 11 is 5.15. The average molecular weight is 669 g/mol. The molecule has 0 spiro atoms. The third kappa shape index (κ3) is 8.15. The summed E-state index contributed by atoms with van der Waals surface area (Å²) in [6.45, 7) is 7.31. The first-order valence-corrected chi connectivity index (χ1v) is 17.6. The van der Waals surface area contributed by atoms with Crippen LogP contribution in [-0.2, 0) is 11.0 Å². The van der Waals surface area contributed by atoms with Crippen molar-refractivity contribution < 1.29 is 4.43 Å². The van der Waals surface area contributed by atoms with E-state index in [1.54, 1.807) is 0 Å². The van der Waals surface area contributed by atoms with Gasteiger partial charge in [-0.3, -0.25) is 0 Å². The molecule has 1 atom stereocenters. The highest BCUT2D eigenvalue weighted by molar-refractivity contribution is 9.10. The lowest BCUT2D eigenvalue weighted by molar-refractivity contribution is 0.0897. The highest BCUT2D eigenvalue weighted by Crippen LogP contribution is 2.38. The van der Waals surface area contributed by atoms with Crippen LogP contribution in [-0.4, -0.2) is 25.3 Å². The Morgan fingerprint density at radius 1 is 0.860 bits per heavy atom. The number of hydrogen-bond acceptors (Lipinski definition) is 6. The van der Waals surface area contributed by atoms with Crippen LogP contribution in [0.4, 0.5) is 17.2 Å². The van der Waals surface area contributed by atoms with Crippen LogP contribution in [0.2, 0.25) is 0 Å². The van der Waals surface area contributed by atoms with Crippen LogP contribution in [0.3, 0.4) is 0 Å². The number of nitrogens with one attached hydrogen (secondary N) is 2. The first kappa shape index (κ1) is 31.0. The zero-order chi connectivity index (χ0) is 30.2. The predicted octanol–water partition coefficient (Wildman–Crippen LogP) is 8.23. The maximum atomic E-state index is 7.17. The van der Waals surface area contributed by atoms with E-state index in [9.17, 15) is 0 Å². The van der Waals surface area contributed by atoms with Crippen molar-refractivity contribution in [2.45, 2.75) is 38.6 Å². The molecule has 0 amide bonds. The summed E-state index contributed by atoms with van der Waals surface area (Å²) in [6.07, 6.45) is 3.75. The van der Waals surface area contributed by atoms with Gasteiger partial charge in [0.2, 0.25) is 0 Å². The molecule has 1 aromatic heterocycles. The fourth-order valence-corrected chi connectivity index (χ4v) is 7.87. The fourth-order valence-electron chi connectivity index (χ4n) is 4.78. The number of anilines is 3. The molecule has 5 rings (SSSR count). The van der Waals surface area contributed by atoms with Crippen LogP contribution in [0.5, 0.6) is 0 Å². The molecule has 0 aliphatic heterocycles. The standard InChI is InChI=1S/C35H36BrN4OSSi/c1-35(2,3)32(41-43(28-16-7-5-8-17-28)29-18-9-6-10-19-29)25-14-13-15-27(22-25)39-33-26(24-38-34(40-33)42-4)23-37-31-21-12-11-20-30(31)36/h5-22,24,32,37H,23H2,1-4H3,(H,38,39,40). The third-order valence-corrected chi connectivity index (χ3v) is 10.4.